The lowest BCUT2D eigenvalue weighted by molar-refractivity contribution is -0.302. The first-order chi connectivity index (χ1) is 41.8. The summed E-state index contributed by atoms with van der Waals surface area (Å²) in [5, 5.41) is 55.0. The van der Waals surface area contributed by atoms with Crippen LogP contribution >= 0.6 is 0 Å². The molecule has 0 spiro atoms. The molecule has 9 heteroatoms. The van der Waals surface area contributed by atoms with Gasteiger partial charge < -0.3 is 40.3 Å². The average molecular weight is 1190 g/mol. The third kappa shape index (κ3) is 53.0. The smallest absolute Gasteiger partial charge is 0.220 e. The summed E-state index contributed by atoms with van der Waals surface area (Å²) in [6.07, 6.45) is 85.1. The number of aliphatic hydroxyl groups excluding tert-OH is 5. The minimum atomic E-state index is -1.56. The molecule has 1 aliphatic rings. The molecule has 7 unspecified atom stereocenters. The van der Waals surface area contributed by atoms with Crippen LogP contribution in [0.1, 0.15) is 335 Å². The number of nitrogens with one attached hydrogen (secondary N) is 1. The van der Waals surface area contributed by atoms with Gasteiger partial charge in [-0.1, -0.05) is 343 Å². The van der Waals surface area contributed by atoms with Crippen molar-refractivity contribution in [1.29, 1.82) is 0 Å². The minimum absolute atomic E-state index is 0.143. The van der Waals surface area contributed by atoms with Crippen LogP contribution < -0.4 is 5.32 Å². The third-order valence-corrected chi connectivity index (χ3v) is 17.0. The number of carbonyl (C=O) groups excluding carboxylic acids is 1. The van der Waals surface area contributed by atoms with Crippen molar-refractivity contribution in [3.63, 3.8) is 0 Å². The Kier molecular flexibility index (Phi) is 60.9. The minimum Gasteiger partial charge on any atom is -0.394 e. The van der Waals surface area contributed by atoms with Gasteiger partial charge in [-0.25, -0.2) is 0 Å². The van der Waals surface area contributed by atoms with Gasteiger partial charge in [0.1, 0.15) is 24.4 Å². The van der Waals surface area contributed by atoms with Crippen LogP contribution in [0.2, 0.25) is 0 Å². The van der Waals surface area contributed by atoms with Gasteiger partial charge in [0.05, 0.1) is 25.4 Å². The molecule has 1 fully saturated rings. The highest BCUT2D eigenvalue weighted by Gasteiger charge is 2.44. The van der Waals surface area contributed by atoms with Crippen LogP contribution in [0.3, 0.4) is 0 Å². The van der Waals surface area contributed by atoms with Gasteiger partial charge in [-0.3, -0.25) is 4.79 Å². The van der Waals surface area contributed by atoms with Gasteiger partial charge in [-0.2, -0.15) is 0 Å². The summed E-state index contributed by atoms with van der Waals surface area (Å²) >= 11 is 0. The summed E-state index contributed by atoms with van der Waals surface area (Å²) in [7, 11) is 0. The lowest BCUT2D eigenvalue weighted by Gasteiger charge is -2.40. The zero-order valence-electron chi connectivity index (χ0n) is 55.4. The second-order valence-corrected chi connectivity index (χ2v) is 25.0. The number of carbonyl (C=O) groups is 1. The number of rotatable bonds is 63. The van der Waals surface area contributed by atoms with Crippen LogP contribution in [0.5, 0.6) is 0 Å². The van der Waals surface area contributed by atoms with E-state index in [1.807, 2.05) is 0 Å². The normalized spacial score (nSPS) is 18.6. The molecule has 1 amide bonds. The van der Waals surface area contributed by atoms with Gasteiger partial charge in [0.2, 0.25) is 5.91 Å². The van der Waals surface area contributed by atoms with E-state index in [2.05, 4.69) is 104 Å². The predicted molar refractivity (Wildman–Crippen MR) is 364 cm³/mol. The first-order valence-electron chi connectivity index (χ1n) is 36.3. The summed E-state index contributed by atoms with van der Waals surface area (Å²) in [4.78, 5) is 13.2. The number of hydrogen-bond acceptors (Lipinski definition) is 8. The van der Waals surface area contributed by atoms with Crippen molar-refractivity contribution < 1.29 is 39.8 Å². The molecule has 0 radical (unpaired) electrons. The number of hydrogen-bond donors (Lipinski definition) is 6. The molecular weight excluding hydrogens is 1050 g/mol. The van der Waals surface area contributed by atoms with E-state index in [0.717, 1.165) is 89.9 Å². The Morgan fingerprint density at radius 3 is 1.08 bits per heavy atom. The maximum Gasteiger partial charge on any atom is 0.220 e. The summed E-state index contributed by atoms with van der Waals surface area (Å²) < 4.78 is 11.4. The van der Waals surface area contributed by atoms with Crippen molar-refractivity contribution >= 4 is 5.91 Å². The highest BCUT2D eigenvalue weighted by atomic mass is 16.7. The van der Waals surface area contributed by atoms with Crippen LogP contribution in [0.15, 0.2) is 85.1 Å². The number of unbranched alkanes of at least 4 members (excludes halogenated alkanes) is 39. The van der Waals surface area contributed by atoms with Gasteiger partial charge >= 0.3 is 0 Å². The maximum absolute atomic E-state index is 13.2. The molecular formula is C76H137NO8. The molecule has 9 nitrogen and oxygen atoms in total. The first-order valence-corrected chi connectivity index (χ1v) is 36.3. The maximum atomic E-state index is 13.2. The fraction of sp³-hybridized carbons (Fsp3) is 0.803. The Labute approximate surface area is 524 Å². The average Bonchev–Trinajstić information content (AvgIpc) is 3.54. The molecule has 0 saturated carbocycles. The molecule has 6 N–H and O–H groups in total. The Balaban J connectivity index is 2.12. The molecule has 1 aliphatic heterocycles. The van der Waals surface area contributed by atoms with Crippen molar-refractivity contribution in [3.05, 3.63) is 85.1 Å². The zero-order chi connectivity index (χ0) is 61.4. The van der Waals surface area contributed by atoms with Gasteiger partial charge in [-0.15, -0.1) is 0 Å². The van der Waals surface area contributed by atoms with Crippen molar-refractivity contribution in [2.75, 3.05) is 13.2 Å². The molecule has 0 bridgehead atoms. The van der Waals surface area contributed by atoms with Crippen molar-refractivity contribution in [2.45, 2.75) is 378 Å². The summed E-state index contributed by atoms with van der Waals surface area (Å²) in [5.41, 5.74) is 0. The van der Waals surface area contributed by atoms with Crippen LogP contribution in [0.4, 0.5) is 0 Å². The van der Waals surface area contributed by atoms with E-state index < -0.39 is 49.5 Å². The second-order valence-electron chi connectivity index (χ2n) is 25.0. The fourth-order valence-electron chi connectivity index (χ4n) is 11.4. The Hall–Kier alpha value is -2.63. The zero-order valence-corrected chi connectivity index (χ0v) is 55.4. The SMILES string of the molecule is CC/C=C\C/C=C\C/C=C\C/C=C\C/C=C\C/C=C\C/C=C\CCCCCCCCCCCC(=O)NC(COC1OC(CO)C(O)C(O)C1O)C(O)CCCCCCCCCCCCCCCCCCCCCCCCCCCCCCCCC. The number of ether oxygens (including phenoxy) is 2. The van der Waals surface area contributed by atoms with E-state index in [1.165, 1.54) is 218 Å². The monoisotopic (exact) mass is 1190 g/mol. The van der Waals surface area contributed by atoms with E-state index in [9.17, 15) is 30.3 Å². The number of allylic oxidation sites excluding steroid dienone is 14. The largest absolute Gasteiger partial charge is 0.394 e. The van der Waals surface area contributed by atoms with Crippen LogP contribution in [-0.4, -0.2) is 87.5 Å². The van der Waals surface area contributed by atoms with Crippen molar-refractivity contribution in [3.8, 4) is 0 Å². The van der Waals surface area contributed by atoms with Gasteiger partial charge in [0.15, 0.2) is 6.29 Å². The molecule has 1 rings (SSSR count). The standard InChI is InChI=1S/C76H137NO8/c1-3-5-7-9-11-13-15-17-19-21-23-25-27-29-31-33-35-37-39-41-43-45-47-49-51-53-55-57-59-61-63-65-70(79)69(68-84-76-75(83)74(82)73(81)71(67-78)85-76)77-72(80)66-64-62-60-58-56-54-52-50-48-46-44-42-40-38-36-34-32-30-28-26-24-22-20-18-16-14-12-10-8-6-4-2/h6,8,12,14,18,20,24,26,30,32,36,38,42,44,69-71,73-76,78-79,81-83H,3-5,7,9-11,13,15-17,19,21-23,25,27-29,31,33-35,37,39-41,43,45-68H2,1-2H3,(H,77,80)/b8-6-,14-12-,20-18-,26-24-,32-30-,38-36-,44-42-. The Bertz CT molecular complexity index is 1620. The summed E-state index contributed by atoms with van der Waals surface area (Å²) in [6.45, 7) is 3.76. The third-order valence-electron chi connectivity index (χ3n) is 17.0. The molecule has 0 aromatic heterocycles. The molecule has 0 aliphatic carbocycles. The van der Waals surface area contributed by atoms with Crippen molar-refractivity contribution in [2.24, 2.45) is 0 Å². The summed E-state index contributed by atoms with van der Waals surface area (Å²) in [5.74, 6) is -0.149. The molecule has 85 heavy (non-hydrogen) atoms. The first kappa shape index (κ1) is 80.4. The summed E-state index contributed by atoms with van der Waals surface area (Å²) in [6, 6.07) is -0.730. The molecule has 1 heterocycles. The molecule has 494 valence electrons. The van der Waals surface area contributed by atoms with E-state index in [4.69, 9.17) is 9.47 Å². The molecule has 0 aromatic carbocycles. The van der Waals surface area contributed by atoms with E-state index in [-0.39, 0.29) is 12.5 Å². The van der Waals surface area contributed by atoms with E-state index >= 15 is 0 Å². The second kappa shape index (κ2) is 64.4. The van der Waals surface area contributed by atoms with E-state index in [0.29, 0.717) is 12.8 Å². The lowest BCUT2D eigenvalue weighted by atomic mass is 9.99. The van der Waals surface area contributed by atoms with Gasteiger partial charge in [0.25, 0.3) is 0 Å². The van der Waals surface area contributed by atoms with E-state index in [1.54, 1.807) is 0 Å². The topological polar surface area (TPSA) is 149 Å². The number of aliphatic hydroxyl groups is 5. The quantitative estimate of drug-likeness (QED) is 0.0261. The van der Waals surface area contributed by atoms with Crippen molar-refractivity contribution in [1.82, 2.24) is 5.32 Å². The highest BCUT2D eigenvalue weighted by molar-refractivity contribution is 5.76. The highest BCUT2D eigenvalue weighted by Crippen LogP contribution is 2.24. The Morgan fingerprint density at radius 2 is 0.729 bits per heavy atom. The number of amides is 1. The fourth-order valence-corrected chi connectivity index (χ4v) is 11.4. The van der Waals surface area contributed by atoms with Crippen LogP contribution in [0, 0.1) is 0 Å². The van der Waals surface area contributed by atoms with Crippen LogP contribution in [-0.2, 0) is 14.3 Å². The van der Waals surface area contributed by atoms with Crippen LogP contribution in [0.25, 0.3) is 0 Å². The van der Waals surface area contributed by atoms with Gasteiger partial charge in [0, 0.05) is 6.42 Å². The molecule has 0 aromatic rings. The van der Waals surface area contributed by atoms with Gasteiger partial charge in [-0.05, 0) is 70.6 Å². The Morgan fingerprint density at radius 1 is 0.412 bits per heavy atom. The lowest BCUT2D eigenvalue weighted by Crippen LogP contribution is -2.60. The molecule has 7 atom stereocenters. The predicted octanol–water partition coefficient (Wildman–Crippen LogP) is 20.1. The molecule has 1 saturated heterocycles.